The van der Waals surface area contributed by atoms with Crippen LogP contribution in [-0.2, 0) is 16.0 Å². The molecule has 6 nitrogen and oxygen atoms in total. The maximum absolute atomic E-state index is 13.0. The smallest absolute Gasteiger partial charge is 0.231 e. The van der Waals surface area contributed by atoms with Gasteiger partial charge in [-0.3, -0.25) is 4.79 Å². The summed E-state index contributed by atoms with van der Waals surface area (Å²) in [5, 5.41) is 1.24. The quantitative estimate of drug-likeness (QED) is 0.623. The van der Waals surface area contributed by atoms with Gasteiger partial charge in [0, 0.05) is 22.2 Å². The minimum Gasteiger partial charge on any atom is -0.491 e. The molecule has 0 spiro atoms. The highest BCUT2D eigenvalue weighted by Crippen LogP contribution is 2.35. The second kappa shape index (κ2) is 8.16. The summed E-state index contributed by atoms with van der Waals surface area (Å²) in [6, 6.07) is 13.8. The van der Waals surface area contributed by atoms with E-state index in [9.17, 15) is 4.79 Å². The maximum atomic E-state index is 13.0. The van der Waals surface area contributed by atoms with E-state index in [4.69, 9.17) is 18.9 Å². The van der Waals surface area contributed by atoms with Gasteiger partial charge in [-0.2, -0.15) is 0 Å². The van der Waals surface area contributed by atoms with Crippen LogP contribution in [0.4, 0.5) is 0 Å². The van der Waals surface area contributed by atoms with Gasteiger partial charge in [-0.05, 0) is 36.1 Å². The molecule has 1 aromatic heterocycles. The van der Waals surface area contributed by atoms with Crippen molar-refractivity contribution in [3.63, 3.8) is 0 Å². The molecule has 2 aliphatic rings. The number of carbonyl (C=O) groups is 1. The largest absolute Gasteiger partial charge is 0.491 e. The zero-order valence-electron chi connectivity index (χ0n) is 16.8. The lowest BCUT2D eigenvalue weighted by Crippen LogP contribution is -2.48. The zero-order valence-corrected chi connectivity index (χ0v) is 17.6. The molecule has 0 bridgehead atoms. The SMILES string of the molecule is Cc1c(CC(=O)N2CCOC(COc3ccc4c(c3)OCO4)C2)sc2ccccc12. The van der Waals surface area contributed by atoms with Crippen molar-refractivity contribution in [1.29, 1.82) is 0 Å². The molecule has 30 heavy (non-hydrogen) atoms. The number of morpholine rings is 1. The highest BCUT2D eigenvalue weighted by molar-refractivity contribution is 7.19. The fourth-order valence-electron chi connectivity index (χ4n) is 3.85. The van der Waals surface area contributed by atoms with E-state index in [0.29, 0.717) is 44.2 Å². The molecule has 5 rings (SSSR count). The zero-order chi connectivity index (χ0) is 20.5. The van der Waals surface area contributed by atoms with Crippen molar-refractivity contribution in [1.82, 2.24) is 4.90 Å². The molecule has 3 aromatic rings. The number of thiophene rings is 1. The summed E-state index contributed by atoms with van der Waals surface area (Å²) < 4.78 is 23.6. The van der Waals surface area contributed by atoms with Crippen LogP contribution in [0.25, 0.3) is 10.1 Å². The van der Waals surface area contributed by atoms with Gasteiger partial charge in [0.05, 0.1) is 19.6 Å². The summed E-state index contributed by atoms with van der Waals surface area (Å²) in [6.07, 6.45) is 0.276. The Balaban J connectivity index is 1.19. The highest BCUT2D eigenvalue weighted by atomic mass is 32.1. The number of fused-ring (bicyclic) bond motifs is 2. The predicted octanol–water partition coefficient (Wildman–Crippen LogP) is 3.79. The number of rotatable bonds is 5. The fourth-order valence-corrected chi connectivity index (χ4v) is 5.05. The number of aryl methyl sites for hydroxylation is 1. The van der Waals surface area contributed by atoms with Crippen LogP contribution >= 0.6 is 11.3 Å². The first kappa shape index (κ1) is 19.2. The lowest BCUT2D eigenvalue weighted by Gasteiger charge is -2.33. The molecule has 1 atom stereocenters. The number of ether oxygens (including phenoxy) is 4. The van der Waals surface area contributed by atoms with Gasteiger partial charge >= 0.3 is 0 Å². The number of nitrogens with zero attached hydrogens (tertiary/aromatic N) is 1. The van der Waals surface area contributed by atoms with E-state index >= 15 is 0 Å². The summed E-state index contributed by atoms with van der Waals surface area (Å²) in [7, 11) is 0. The maximum Gasteiger partial charge on any atom is 0.231 e. The van der Waals surface area contributed by atoms with Crippen molar-refractivity contribution in [3.8, 4) is 17.2 Å². The second-order valence-corrected chi connectivity index (χ2v) is 8.62. The minimum absolute atomic E-state index is 0.140. The molecular formula is C23H23NO5S. The van der Waals surface area contributed by atoms with E-state index in [0.717, 1.165) is 10.6 Å². The molecule has 7 heteroatoms. The van der Waals surface area contributed by atoms with E-state index in [1.54, 1.807) is 11.3 Å². The van der Waals surface area contributed by atoms with E-state index in [2.05, 4.69) is 19.1 Å². The first-order chi connectivity index (χ1) is 14.7. The van der Waals surface area contributed by atoms with E-state index in [-0.39, 0.29) is 18.8 Å². The van der Waals surface area contributed by atoms with Crippen molar-refractivity contribution < 1.29 is 23.7 Å². The van der Waals surface area contributed by atoms with E-state index in [1.165, 1.54) is 15.6 Å². The molecule has 3 heterocycles. The standard InChI is InChI=1S/C23H23NO5S/c1-15-18-4-2-3-5-21(18)30-22(15)11-23(25)24-8-9-26-17(12-24)13-27-16-6-7-19-20(10-16)29-14-28-19/h2-7,10,17H,8-9,11-14H2,1H3. The number of amides is 1. The third-order valence-corrected chi connectivity index (χ3v) is 6.80. The molecule has 0 saturated carbocycles. The summed E-state index contributed by atoms with van der Waals surface area (Å²) in [4.78, 5) is 16.0. The number of hydrogen-bond acceptors (Lipinski definition) is 6. The van der Waals surface area contributed by atoms with Crippen LogP contribution in [0.15, 0.2) is 42.5 Å². The number of hydrogen-bond donors (Lipinski definition) is 0. The summed E-state index contributed by atoms with van der Waals surface area (Å²) in [6.45, 7) is 4.39. The van der Waals surface area contributed by atoms with E-state index in [1.807, 2.05) is 35.2 Å². The van der Waals surface area contributed by atoms with Crippen LogP contribution in [0.3, 0.4) is 0 Å². The Hall–Kier alpha value is -2.77. The molecule has 1 amide bonds. The van der Waals surface area contributed by atoms with Gasteiger partial charge in [0.1, 0.15) is 18.5 Å². The molecule has 1 fully saturated rings. The molecule has 1 unspecified atom stereocenters. The Labute approximate surface area is 178 Å². The molecular weight excluding hydrogens is 402 g/mol. The summed E-state index contributed by atoms with van der Waals surface area (Å²) in [5.41, 5.74) is 1.21. The van der Waals surface area contributed by atoms with Crippen LogP contribution in [0, 0.1) is 6.92 Å². The third kappa shape index (κ3) is 3.82. The van der Waals surface area contributed by atoms with Crippen molar-refractivity contribution in [2.75, 3.05) is 33.1 Å². The molecule has 2 aromatic carbocycles. The first-order valence-electron chi connectivity index (χ1n) is 10.1. The number of benzene rings is 2. The monoisotopic (exact) mass is 425 g/mol. The Morgan fingerprint density at radius 3 is 2.97 bits per heavy atom. The lowest BCUT2D eigenvalue weighted by atomic mass is 10.1. The minimum atomic E-state index is -0.156. The van der Waals surface area contributed by atoms with Gasteiger partial charge in [-0.1, -0.05) is 18.2 Å². The van der Waals surface area contributed by atoms with E-state index < -0.39 is 0 Å². The third-order valence-electron chi connectivity index (χ3n) is 5.53. The average molecular weight is 426 g/mol. The van der Waals surface area contributed by atoms with Crippen LogP contribution in [0.5, 0.6) is 17.2 Å². The Morgan fingerprint density at radius 2 is 2.07 bits per heavy atom. The highest BCUT2D eigenvalue weighted by Gasteiger charge is 2.26. The van der Waals surface area contributed by atoms with Crippen LogP contribution < -0.4 is 14.2 Å². The van der Waals surface area contributed by atoms with Crippen molar-refractivity contribution in [2.45, 2.75) is 19.4 Å². The molecule has 2 aliphatic heterocycles. The molecule has 0 N–H and O–H groups in total. The topological polar surface area (TPSA) is 57.2 Å². The van der Waals surface area contributed by atoms with Crippen LogP contribution in [0.1, 0.15) is 10.4 Å². The van der Waals surface area contributed by atoms with Gasteiger partial charge in [-0.25, -0.2) is 0 Å². The van der Waals surface area contributed by atoms with Crippen LogP contribution in [-0.4, -0.2) is 50.0 Å². The molecule has 1 saturated heterocycles. The Kier molecular flexibility index (Phi) is 5.23. The molecule has 0 radical (unpaired) electrons. The summed E-state index contributed by atoms with van der Waals surface area (Å²) >= 11 is 1.71. The van der Waals surface area contributed by atoms with Crippen molar-refractivity contribution in [3.05, 3.63) is 52.9 Å². The van der Waals surface area contributed by atoms with Gasteiger partial charge in [-0.15, -0.1) is 11.3 Å². The molecule has 0 aliphatic carbocycles. The lowest BCUT2D eigenvalue weighted by molar-refractivity contribution is -0.139. The van der Waals surface area contributed by atoms with Gasteiger partial charge in [0.15, 0.2) is 11.5 Å². The number of carbonyl (C=O) groups excluding carboxylic acids is 1. The van der Waals surface area contributed by atoms with Gasteiger partial charge < -0.3 is 23.8 Å². The fraction of sp³-hybridized carbons (Fsp3) is 0.348. The second-order valence-electron chi connectivity index (χ2n) is 7.48. The first-order valence-corrected chi connectivity index (χ1v) is 10.9. The van der Waals surface area contributed by atoms with Crippen molar-refractivity contribution in [2.24, 2.45) is 0 Å². The van der Waals surface area contributed by atoms with Gasteiger partial charge in [0.25, 0.3) is 0 Å². The Morgan fingerprint density at radius 1 is 1.20 bits per heavy atom. The normalized spacial score (nSPS) is 18.0. The average Bonchev–Trinajstić information content (AvgIpc) is 3.37. The van der Waals surface area contributed by atoms with Crippen LogP contribution in [0.2, 0.25) is 0 Å². The van der Waals surface area contributed by atoms with Gasteiger partial charge in [0.2, 0.25) is 12.7 Å². The molecule has 156 valence electrons. The summed E-state index contributed by atoms with van der Waals surface area (Å²) in [5.74, 6) is 2.25. The Bertz CT molecular complexity index is 1080. The predicted molar refractivity (Wildman–Crippen MR) is 115 cm³/mol. The van der Waals surface area contributed by atoms with Crippen molar-refractivity contribution >= 4 is 27.3 Å².